The number of esters is 3. The fourth-order valence-corrected chi connectivity index (χ4v) is 9.88. The Morgan fingerprint density at radius 3 is 1.03 bits per heavy atom. The molecule has 12 heteroatoms. The van der Waals surface area contributed by atoms with Crippen molar-refractivity contribution in [1.29, 1.82) is 0 Å². The third kappa shape index (κ3) is 54.7. The van der Waals surface area contributed by atoms with Crippen molar-refractivity contribution in [1.82, 2.24) is 0 Å². The van der Waals surface area contributed by atoms with Crippen LogP contribution < -0.4 is 0 Å². The lowest BCUT2D eigenvalue weighted by atomic mass is 10.0. The molecule has 0 bridgehead atoms. The zero-order chi connectivity index (χ0) is 54.1. The number of ether oxygens (including phenoxy) is 3. The van der Waals surface area contributed by atoms with Crippen molar-refractivity contribution >= 4 is 25.7 Å². The molecular weight excluding hydrogens is 952 g/mol. The van der Waals surface area contributed by atoms with E-state index in [4.69, 9.17) is 23.3 Å². The van der Waals surface area contributed by atoms with Crippen LogP contribution >= 0.6 is 7.82 Å². The third-order valence-electron chi connectivity index (χ3n) is 13.9. The summed E-state index contributed by atoms with van der Waals surface area (Å²) in [5.41, 5.74) is 0. The minimum Gasteiger partial charge on any atom is -0.462 e. The maximum Gasteiger partial charge on any atom is 0.472 e. The van der Waals surface area contributed by atoms with Crippen LogP contribution in [0.3, 0.4) is 0 Å². The Balaban J connectivity index is 4.65. The van der Waals surface area contributed by atoms with E-state index >= 15 is 0 Å². The summed E-state index contributed by atoms with van der Waals surface area (Å²) >= 11 is 0. The third-order valence-corrected chi connectivity index (χ3v) is 14.8. The Morgan fingerprint density at radius 1 is 0.378 bits per heavy atom. The normalized spacial score (nSPS) is 13.4. The molecule has 0 rings (SSSR count). The van der Waals surface area contributed by atoms with Gasteiger partial charge in [0.2, 0.25) is 0 Å². The first-order chi connectivity index (χ1) is 36.2. The number of unbranched alkanes of at least 4 members (excludes halogenated alkanes) is 38. The molecule has 0 aliphatic heterocycles. The number of aliphatic hydroxyl groups excluding tert-OH is 1. The average molecular weight is 1070 g/mol. The van der Waals surface area contributed by atoms with Crippen LogP contribution in [0.25, 0.3) is 0 Å². The molecule has 0 saturated carbocycles. The molecule has 11 nitrogen and oxygen atoms in total. The number of allylic oxidation sites excluding steroid dienone is 4. The average Bonchev–Trinajstić information content (AvgIpc) is 3.39. The molecule has 0 aliphatic carbocycles. The van der Waals surface area contributed by atoms with E-state index in [0.29, 0.717) is 19.3 Å². The maximum absolute atomic E-state index is 12.9. The summed E-state index contributed by atoms with van der Waals surface area (Å²) in [4.78, 5) is 48.6. The molecule has 0 spiro atoms. The van der Waals surface area contributed by atoms with Gasteiger partial charge in [-0.1, -0.05) is 270 Å². The SMILES string of the molecule is CCCCC/C=C\C/C=C\CCCCCCCC(=O)OC(CO)COP(=O)(O)OCC(COC(=O)CCCCCCCCCCCCCCC)OC(=O)CCCCCCCCCCCCCCCCCCCCC. The van der Waals surface area contributed by atoms with Gasteiger partial charge in [0.15, 0.2) is 6.10 Å². The van der Waals surface area contributed by atoms with Gasteiger partial charge < -0.3 is 24.2 Å². The number of carbonyl (C=O) groups excluding carboxylic acids is 3. The van der Waals surface area contributed by atoms with Crippen molar-refractivity contribution in [3.8, 4) is 0 Å². The predicted octanol–water partition coefficient (Wildman–Crippen LogP) is 18.6. The number of hydrogen-bond acceptors (Lipinski definition) is 10. The summed E-state index contributed by atoms with van der Waals surface area (Å²) in [6.07, 6.45) is 58.4. The van der Waals surface area contributed by atoms with Gasteiger partial charge in [-0.2, -0.15) is 0 Å². The molecule has 0 radical (unpaired) electrons. The van der Waals surface area contributed by atoms with Crippen LogP contribution in [0.15, 0.2) is 24.3 Å². The zero-order valence-corrected chi connectivity index (χ0v) is 49.2. The summed E-state index contributed by atoms with van der Waals surface area (Å²) in [5, 5.41) is 9.83. The van der Waals surface area contributed by atoms with E-state index in [0.717, 1.165) is 83.5 Å². The zero-order valence-electron chi connectivity index (χ0n) is 48.3. The molecule has 0 amide bonds. The van der Waals surface area contributed by atoms with Gasteiger partial charge in [-0.15, -0.1) is 0 Å². The number of hydrogen-bond donors (Lipinski definition) is 2. The minimum atomic E-state index is -4.75. The van der Waals surface area contributed by atoms with E-state index in [1.807, 2.05) is 0 Å². The van der Waals surface area contributed by atoms with Crippen LogP contribution in [0.4, 0.5) is 0 Å². The van der Waals surface area contributed by atoms with Crippen LogP contribution in [0, 0.1) is 0 Å². The molecule has 3 unspecified atom stereocenters. The number of aliphatic hydroxyl groups is 1. The van der Waals surface area contributed by atoms with Crippen LogP contribution in [-0.4, -0.2) is 66.5 Å². The van der Waals surface area contributed by atoms with E-state index < -0.39 is 57.8 Å². The molecule has 74 heavy (non-hydrogen) atoms. The fourth-order valence-electron chi connectivity index (χ4n) is 9.10. The first kappa shape index (κ1) is 72.0. The van der Waals surface area contributed by atoms with Gasteiger partial charge in [0.05, 0.1) is 19.8 Å². The van der Waals surface area contributed by atoms with E-state index in [1.165, 1.54) is 173 Å². The Hall–Kier alpha value is -2.04. The molecule has 2 N–H and O–H groups in total. The summed E-state index contributed by atoms with van der Waals surface area (Å²) in [5.74, 6) is -1.45. The number of carbonyl (C=O) groups is 3. The van der Waals surface area contributed by atoms with Crippen molar-refractivity contribution in [2.24, 2.45) is 0 Å². The highest BCUT2D eigenvalue weighted by Crippen LogP contribution is 2.43. The molecule has 0 saturated heterocycles. The first-order valence-electron chi connectivity index (χ1n) is 31.2. The smallest absolute Gasteiger partial charge is 0.462 e. The quantitative estimate of drug-likeness (QED) is 0.0197. The Morgan fingerprint density at radius 2 is 0.662 bits per heavy atom. The Labute approximate surface area is 455 Å². The molecule has 0 fully saturated rings. The van der Waals surface area contributed by atoms with Gasteiger partial charge in [0, 0.05) is 19.3 Å². The lowest BCUT2D eigenvalue weighted by Gasteiger charge is -2.21. The van der Waals surface area contributed by atoms with Gasteiger partial charge in [0.1, 0.15) is 12.7 Å². The van der Waals surface area contributed by atoms with Gasteiger partial charge in [-0.25, -0.2) is 4.57 Å². The van der Waals surface area contributed by atoms with Crippen molar-refractivity contribution in [3.05, 3.63) is 24.3 Å². The topological polar surface area (TPSA) is 155 Å². The second-order valence-corrected chi connectivity index (χ2v) is 22.7. The molecule has 0 aromatic rings. The summed E-state index contributed by atoms with van der Waals surface area (Å²) in [7, 11) is -4.75. The first-order valence-corrected chi connectivity index (χ1v) is 32.7. The second-order valence-electron chi connectivity index (χ2n) is 21.2. The molecule has 0 aromatic carbocycles. The molecule has 0 aliphatic rings. The summed E-state index contributed by atoms with van der Waals surface area (Å²) in [6.45, 7) is 4.67. The fraction of sp³-hybridized carbons (Fsp3) is 0.887. The minimum absolute atomic E-state index is 0.166. The Kier molecular flexibility index (Phi) is 55.6. The number of phosphoric acid groups is 1. The summed E-state index contributed by atoms with van der Waals surface area (Å²) in [6, 6.07) is 0. The van der Waals surface area contributed by atoms with Gasteiger partial charge >= 0.3 is 25.7 Å². The molecule has 0 heterocycles. The largest absolute Gasteiger partial charge is 0.472 e. The van der Waals surface area contributed by atoms with Crippen molar-refractivity contribution in [3.63, 3.8) is 0 Å². The standard InChI is InChI=1S/C62H117O11P/c1-4-7-10-13-16-19-22-25-27-28-29-30-32-35-38-41-44-47-50-53-62(66)73-59(55-69-60(64)51-48-45-42-39-36-33-24-21-18-15-12-9-6-3)57-71-74(67,68)70-56-58(54-63)72-61(65)52-49-46-43-40-37-34-31-26-23-20-17-14-11-8-5-2/h17,20,26,31,58-59,63H,4-16,18-19,21-25,27-30,32-57H2,1-3H3,(H,67,68)/b20-17-,31-26-. The number of phosphoric ester groups is 1. The van der Waals surface area contributed by atoms with Crippen molar-refractivity contribution in [2.75, 3.05) is 26.4 Å². The predicted molar refractivity (Wildman–Crippen MR) is 307 cm³/mol. The molecule has 436 valence electrons. The van der Waals surface area contributed by atoms with Gasteiger partial charge in [-0.3, -0.25) is 23.4 Å². The van der Waals surface area contributed by atoms with Crippen LogP contribution in [-0.2, 0) is 42.2 Å². The highest BCUT2D eigenvalue weighted by Gasteiger charge is 2.28. The van der Waals surface area contributed by atoms with Crippen molar-refractivity contribution < 1.29 is 52.2 Å². The maximum atomic E-state index is 12.9. The Bertz CT molecular complexity index is 1340. The summed E-state index contributed by atoms with van der Waals surface area (Å²) < 4.78 is 39.6. The van der Waals surface area contributed by atoms with Crippen LogP contribution in [0.1, 0.15) is 316 Å². The van der Waals surface area contributed by atoms with Crippen LogP contribution in [0.5, 0.6) is 0 Å². The van der Waals surface area contributed by atoms with Crippen LogP contribution in [0.2, 0.25) is 0 Å². The second kappa shape index (κ2) is 57.1. The highest BCUT2D eigenvalue weighted by molar-refractivity contribution is 7.47. The van der Waals surface area contributed by atoms with E-state index in [1.54, 1.807) is 0 Å². The van der Waals surface area contributed by atoms with Gasteiger partial charge in [0.25, 0.3) is 0 Å². The lowest BCUT2D eigenvalue weighted by molar-refractivity contribution is -0.161. The molecular formula is C62H117O11P. The van der Waals surface area contributed by atoms with E-state index in [9.17, 15) is 28.9 Å². The monoisotopic (exact) mass is 1070 g/mol. The molecule has 0 aromatic heterocycles. The lowest BCUT2D eigenvalue weighted by Crippen LogP contribution is -2.30. The van der Waals surface area contributed by atoms with E-state index in [-0.39, 0.29) is 25.9 Å². The van der Waals surface area contributed by atoms with Crippen molar-refractivity contribution in [2.45, 2.75) is 328 Å². The van der Waals surface area contributed by atoms with Gasteiger partial charge in [-0.05, 0) is 51.4 Å². The highest BCUT2D eigenvalue weighted by atomic mass is 31.2. The van der Waals surface area contributed by atoms with E-state index in [2.05, 4.69) is 45.1 Å². The molecule has 3 atom stereocenters. The number of rotatable bonds is 59.